The summed E-state index contributed by atoms with van der Waals surface area (Å²) in [5.74, 6) is 0.161. The van der Waals surface area contributed by atoms with Crippen LogP contribution in [0.2, 0.25) is 0 Å². The van der Waals surface area contributed by atoms with Crippen LogP contribution in [0.25, 0.3) is 0 Å². The van der Waals surface area contributed by atoms with E-state index in [4.69, 9.17) is 4.74 Å². The third kappa shape index (κ3) is 4.44. The van der Waals surface area contributed by atoms with Crippen LogP contribution in [0, 0.1) is 0 Å². The Balaban J connectivity index is 1.73. The van der Waals surface area contributed by atoms with Crippen molar-refractivity contribution in [1.29, 1.82) is 0 Å². The van der Waals surface area contributed by atoms with Crippen LogP contribution in [0.3, 0.4) is 0 Å². The van der Waals surface area contributed by atoms with Gasteiger partial charge in [-0.05, 0) is 37.5 Å². The molecule has 1 aromatic heterocycles. The SMILES string of the molecule is CCOc1ccc([C@H]2CC(c3c(O)n(C4CCCCC4)c(=O)[nH]c3=O)=NN2C(=O)CC)cc1. The summed E-state index contributed by atoms with van der Waals surface area (Å²) in [4.78, 5) is 40.3. The van der Waals surface area contributed by atoms with Crippen LogP contribution >= 0.6 is 0 Å². The molecule has 33 heavy (non-hydrogen) atoms. The first-order valence-electron chi connectivity index (χ1n) is 11.6. The van der Waals surface area contributed by atoms with Gasteiger partial charge in [0.15, 0.2) is 0 Å². The predicted octanol–water partition coefficient (Wildman–Crippen LogP) is 3.23. The molecule has 1 aliphatic heterocycles. The van der Waals surface area contributed by atoms with Crippen LogP contribution in [-0.2, 0) is 4.79 Å². The van der Waals surface area contributed by atoms with Crippen molar-refractivity contribution in [1.82, 2.24) is 14.6 Å². The maximum atomic E-state index is 12.8. The number of H-pyrrole nitrogens is 1. The zero-order valence-corrected chi connectivity index (χ0v) is 19.0. The van der Waals surface area contributed by atoms with E-state index in [0.29, 0.717) is 12.3 Å². The van der Waals surface area contributed by atoms with Gasteiger partial charge in [0.25, 0.3) is 5.56 Å². The van der Waals surface area contributed by atoms with E-state index < -0.39 is 17.3 Å². The van der Waals surface area contributed by atoms with E-state index in [1.807, 2.05) is 31.2 Å². The van der Waals surface area contributed by atoms with Crippen molar-refractivity contribution in [2.75, 3.05) is 6.61 Å². The van der Waals surface area contributed by atoms with Gasteiger partial charge in [0, 0.05) is 18.9 Å². The number of aromatic hydroxyl groups is 1. The highest BCUT2D eigenvalue weighted by Gasteiger charge is 2.35. The zero-order valence-electron chi connectivity index (χ0n) is 19.0. The topological polar surface area (TPSA) is 117 Å². The minimum Gasteiger partial charge on any atom is -0.494 e. The zero-order chi connectivity index (χ0) is 23.5. The molecule has 0 spiro atoms. The fraction of sp³-hybridized carbons (Fsp3) is 0.500. The molecule has 9 nitrogen and oxygen atoms in total. The van der Waals surface area contributed by atoms with Crippen molar-refractivity contribution in [2.24, 2.45) is 5.10 Å². The van der Waals surface area contributed by atoms with Crippen LogP contribution in [0.1, 0.15) is 82.0 Å². The molecule has 1 aliphatic carbocycles. The summed E-state index contributed by atoms with van der Waals surface area (Å²) in [5, 5.41) is 16.9. The summed E-state index contributed by atoms with van der Waals surface area (Å²) < 4.78 is 6.79. The Bertz CT molecular complexity index is 1160. The van der Waals surface area contributed by atoms with Crippen molar-refractivity contribution in [2.45, 2.75) is 70.9 Å². The van der Waals surface area contributed by atoms with E-state index in [-0.39, 0.29) is 36.2 Å². The van der Waals surface area contributed by atoms with Gasteiger partial charge in [-0.15, -0.1) is 0 Å². The lowest BCUT2D eigenvalue weighted by molar-refractivity contribution is -0.132. The van der Waals surface area contributed by atoms with E-state index in [9.17, 15) is 19.5 Å². The monoisotopic (exact) mass is 454 g/mol. The summed E-state index contributed by atoms with van der Waals surface area (Å²) in [6, 6.07) is 6.82. The molecule has 2 N–H and O–H groups in total. The molecule has 1 saturated carbocycles. The highest BCUT2D eigenvalue weighted by molar-refractivity contribution is 6.04. The Hall–Kier alpha value is -3.36. The van der Waals surface area contributed by atoms with Crippen LogP contribution < -0.4 is 16.0 Å². The fourth-order valence-electron chi connectivity index (χ4n) is 4.74. The summed E-state index contributed by atoms with van der Waals surface area (Å²) >= 11 is 0. The average molecular weight is 455 g/mol. The van der Waals surface area contributed by atoms with E-state index in [1.165, 1.54) is 9.58 Å². The average Bonchev–Trinajstić information content (AvgIpc) is 3.24. The molecule has 2 aliphatic rings. The molecule has 9 heteroatoms. The van der Waals surface area contributed by atoms with Crippen molar-refractivity contribution < 1.29 is 14.6 Å². The van der Waals surface area contributed by atoms with Crippen molar-refractivity contribution in [3.05, 3.63) is 56.2 Å². The number of carbonyl (C=O) groups is 1. The van der Waals surface area contributed by atoms with Gasteiger partial charge in [-0.1, -0.05) is 38.3 Å². The lowest BCUT2D eigenvalue weighted by Crippen LogP contribution is -2.36. The largest absolute Gasteiger partial charge is 0.494 e. The quantitative estimate of drug-likeness (QED) is 0.695. The number of hydrazone groups is 1. The fourth-order valence-corrected chi connectivity index (χ4v) is 4.74. The Morgan fingerprint density at radius 3 is 2.48 bits per heavy atom. The Morgan fingerprint density at radius 1 is 1.15 bits per heavy atom. The summed E-state index contributed by atoms with van der Waals surface area (Å²) in [6.07, 6.45) is 5.04. The minimum absolute atomic E-state index is 0.0393. The number of hydrogen-bond acceptors (Lipinski definition) is 6. The van der Waals surface area contributed by atoms with Crippen LogP contribution in [-0.4, -0.2) is 37.9 Å². The number of benzene rings is 1. The third-order valence-electron chi connectivity index (χ3n) is 6.39. The number of ether oxygens (including phenoxy) is 1. The Kier molecular flexibility index (Phi) is 6.67. The Labute approximate surface area is 191 Å². The first-order valence-corrected chi connectivity index (χ1v) is 11.6. The van der Waals surface area contributed by atoms with E-state index in [0.717, 1.165) is 43.4 Å². The maximum Gasteiger partial charge on any atom is 0.331 e. The lowest BCUT2D eigenvalue weighted by Gasteiger charge is -2.25. The summed E-state index contributed by atoms with van der Waals surface area (Å²) in [7, 11) is 0. The van der Waals surface area contributed by atoms with Gasteiger partial charge >= 0.3 is 5.69 Å². The van der Waals surface area contributed by atoms with E-state index in [1.54, 1.807) is 6.92 Å². The highest BCUT2D eigenvalue weighted by atomic mass is 16.5. The van der Waals surface area contributed by atoms with Crippen molar-refractivity contribution in [3.8, 4) is 11.6 Å². The van der Waals surface area contributed by atoms with Gasteiger partial charge in [-0.3, -0.25) is 19.1 Å². The molecular weight excluding hydrogens is 424 g/mol. The van der Waals surface area contributed by atoms with Crippen LogP contribution in [0.15, 0.2) is 39.0 Å². The maximum absolute atomic E-state index is 12.8. The number of aromatic nitrogens is 2. The molecule has 0 radical (unpaired) electrons. The number of nitrogens with zero attached hydrogens (tertiary/aromatic N) is 3. The number of hydrogen-bond donors (Lipinski definition) is 2. The molecule has 2 heterocycles. The molecule has 0 saturated heterocycles. The normalized spacial score (nSPS) is 18.9. The first-order chi connectivity index (χ1) is 15.9. The van der Waals surface area contributed by atoms with Crippen molar-refractivity contribution >= 4 is 11.6 Å². The smallest absolute Gasteiger partial charge is 0.331 e. The van der Waals surface area contributed by atoms with Crippen LogP contribution in [0.4, 0.5) is 0 Å². The predicted molar refractivity (Wildman–Crippen MR) is 124 cm³/mol. The van der Waals surface area contributed by atoms with E-state index >= 15 is 0 Å². The van der Waals surface area contributed by atoms with Gasteiger partial charge < -0.3 is 9.84 Å². The molecule has 1 atom stereocenters. The third-order valence-corrected chi connectivity index (χ3v) is 6.39. The summed E-state index contributed by atoms with van der Waals surface area (Å²) in [6.45, 7) is 4.21. The number of carbonyl (C=O) groups excluding carboxylic acids is 1. The second kappa shape index (κ2) is 9.64. The second-order valence-corrected chi connectivity index (χ2v) is 8.48. The van der Waals surface area contributed by atoms with E-state index in [2.05, 4.69) is 10.1 Å². The second-order valence-electron chi connectivity index (χ2n) is 8.48. The van der Waals surface area contributed by atoms with Gasteiger partial charge in [0.05, 0.1) is 18.4 Å². The van der Waals surface area contributed by atoms with Gasteiger partial charge in [0.1, 0.15) is 11.3 Å². The summed E-state index contributed by atoms with van der Waals surface area (Å²) in [5.41, 5.74) is -0.215. The van der Waals surface area contributed by atoms with Crippen molar-refractivity contribution in [3.63, 3.8) is 0 Å². The number of amides is 1. The molecule has 4 rings (SSSR count). The standard InChI is InChI=1S/C24H30N4O5/c1-3-20(29)28-19(15-10-12-17(13-11-15)33-4-2)14-18(26-28)21-22(30)25-24(32)27(23(21)31)16-8-6-5-7-9-16/h10-13,16,19,31H,3-9,14H2,1-2H3,(H,25,30,32)/t19-/m1/s1. The van der Waals surface area contributed by atoms with Crippen LogP contribution in [0.5, 0.6) is 11.6 Å². The van der Waals surface area contributed by atoms with Gasteiger partial charge in [0.2, 0.25) is 11.8 Å². The number of rotatable bonds is 6. The molecule has 0 unspecified atom stereocenters. The first kappa shape index (κ1) is 22.8. The molecule has 1 amide bonds. The molecule has 1 fully saturated rings. The number of nitrogens with one attached hydrogen (secondary N) is 1. The van der Waals surface area contributed by atoms with Gasteiger partial charge in [-0.25, -0.2) is 9.80 Å². The molecule has 1 aromatic carbocycles. The highest BCUT2D eigenvalue weighted by Crippen LogP contribution is 2.36. The Morgan fingerprint density at radius 2 is 1.85 bits per heavy atom. The lowest BCUT2D eigenvalue weighted by atomic mass is 9.95. The van der Waals surface area contributed by atoms with Gasteiger partial charge in [-0.2, -0.15) is 5.10 Å². The molecule has 176 valence electrons. The molecule has 0 bridgehead atoms. The minimum atomic E-state index is -0.695. The number of aromatic amines is 1. The molecule has 2 aromatic rings. The molecular formula is C24H30N4O5.